The van der Waals surface area contributed by atoms with Gasteiger partial charge in [0.05, 0.1) is 11.2 Å². The van der Waals surface area contributed by atoms with Crippen molar-refractivity contribution >= 4 is 15.7 Å². The summed E-state index contributed by atoms with van der Waals surface area (Å²) in [6.45, 7) is 1.37. The number of hydrogen-bond donors (Lipinski definition) is 0. The van der Waals surface area contributed by atoms with E-state index in [-0.39, 0.29) is 11.4 Å². The van der Waals surface area contributed by atoms with Crippen molar-refractivity contribution in [2.45, 2.75) is 6.92 Å². The molecule has 0 fully saturated rings. The van der Waals surface area contributed by atoms with E-state index in [1.807, 2.05) is 0 Å². The summed E-state index contributed by atoms with van der Waals surface area (Å²) in [6.07, 6.45) is 1.80. The summed E-state index contributed by atoms with van der Waals surface area (Å²) in [5, 5.41) is 13.8. The Kier molecular flexibility index (Phi) is 2.08. The van der Waals surface area contributed by atoms with Crippen LogP contribution in [0.15, 0.2) is 6.20 Å². The van der Waals surface area contributed by atoms with Crippen molar-refractivity contribution in [3.8, 4) is 0 Å². The lowest BCUT2D eigenvalue weighted by molar-refractivity contribution is -0.385. The Morgan fingerprint density at radius 3 is 2.38 bits per heavy atom. The first kappa shape index (κ1) is 9.65. The summed E-state index contributed by atoms with van der Waals surface area (Å²) in [6, 6.07) is 0. The molecule has 1 heterocycles. The average Bonchev–Trinajstić information content (AvgIpc) is 2.29. The van der Waals surface area contributed by atoms with E-state index in [1.165, 1.54) is 6.92 Å². The highest BCUT2D eigenvalue weighted by atomic mass is 32.2. The second kappa shape index (κ2) is 2.80. The SMILES string of the molecule is Cc1nn(S(C)(=O)=O)cc1[N+](=O)[O-]. The maximum atomic E-state index is 10.9. The molecule has 0 aliphatic carbocycles. The molecule has 8 heteroatoms. The Balaban J connectivity index is 3.33. The van der Waals surface area contributed by atoms with E-state index in [1.54, 1.807) is 0 Å². The van der Waals surface area contributed by atoms with Crippen LogP contribution >= 0.6 is 0 Å². The minimum Gasteiger partial charge on any atom is -0.258 e. The number of hydrogen-bond acceptors (Lipinski definition) is 5. The highest BCUT2D eigenvalue weighted by Gasteiger charge is 2.19. The Morgan fingerprint density at radius 1 is 1.62 bits per heavy atom. The molecular weight excluding hydrogens is 198 g/mol. The number of nitrogens with zero attached hydrogens (tertiary/aromatic N) is 3. The first-order valence-electron chi connectivity index (χ1n) is 3.23. The predicted molar refractivity (Wildman–Crippen MR) is 43.9 cm³/mol. The average molecular weight is 205 g/mol. The van der Waals surface area contributed by atoms with Gasteiger partial charge in [0.15, 0.2) is 0 Å². The molecule has 0 saturated heterocycles. The van der Waals surface area contributed by atoms with E-state index < -0.39 is 14.9 Å². The third-order valence-electron chi connectivity index (χ3n) is 1.39. The summed E-state index contributed by atoms with van der Waals surface area (Å²) in [5.41, 5.74) is -0.221. The van der Waals surface area contributed by atoms with Crippen LogP contribution in [0.1, 0.15) is 5.69 Å². The highest BCUT2D eigenvalue weighted by molar-refractivity contribution is 7.89. The van der Waals surface area contributed by atoms with Crippen molar-refractivity contribution in [2.75, 3.05) is 6.26 Å². The van der Waals surface area contributed by atoms with Crippen molar-refractivity contribution < 1.29 is 13.3 Å². The quantitative estimate of drug-likeness (QED) is 0.496. The monoisotopic (exact) mass is 205 g/mol. The molecule has 13 heavy (non-hydrogen) atoms. The first-order valence-corrected chi connectivity index (χ1v) is 5.08. The molecule has 0 aliphatic heterocycles. The van der Waals surface area contributed by atoms with Gasteiger partial charge in [-0.25, -0.2) is 8.42 Å². The molecule has 1 aromatic heterocycles. The van der Waals surface area contributed by atoms with Gasteiger partial charge in [-0.05, 0) is 6.92 Å². The molecule has 0 bridgehead atoms. The van der Waals surface area contributed by atoms with Crippen LogP contribution in [0.25, 0.3) is 0 Å². The van der Waals surface area contributed by atoms with Gasteiger partial charge < -0.3 is 0 Å². The first-order chi connectivity index (χ1) is 5.82. The maximum Gasteiger partial charge on any atom is 0.311 e. The molecular formula is C5H7N3O4S. The van der Waals surface area contributed by atoms with Crippen LogP contribution in [0.4, 0.5) is 5.69 Å². The van der Waals surface area contributed by atoms with Gasteiger partial charge in [-0.15, -0.1) is 0 Å². The molecule has 72 valence electrons. The summed E-state index contributed by atoms with van der Waals surface area (Å²) >= 11 is 0. The van der Waals surface area contributed by atoms with Crippen molar-refractivity contribution in [3.63, 3.8) is 0 Å². The lowest BCUT2D eigenvalue weighted by Gasteiger charge is -1.92. The van der Waals surface area contributed by atoms with Crippen LogP contribution in [0.3, 0.4) is 0 Å². The van der Waals surface area contributed by atoms with Gasteiger partial charge in [0.1, 0.15) is 11.9 Å². The zero-order chi connectivity index (χ0) is 10.2. The molecule has 0 aromatic carbocycles. The van der Waals surface area contributed by atoms with Crippen molar-refractivity contribution in [1.82, 2.24) is 9.19 Å². The highest BCUT2D eigenvalue weighted by Crippen LogP contribution is 2.15. The molecule has 0 saturated carbocycles. The lowest BCUT2D eigenvalue weighted by Crippen LogP contribution is -2.10. The molecule has 1 aromatic rings. The van der Waals surface area contributed by atoms with Crippen LogP contribution in [0.2, 0.25) is 0 Å². The van der Waals surface area contributed by atoms with Crippen LogP contribution in [-0.4, -0.2) is 28.8 Å². The van der Waals surface area contributed by atoms with Gasteiger partial charge in [0.2, 0.25) is 0 Å². The molecule has 0 spiro atoms. The third kappa shape index (κ3) is 1.83. The number of aryl methyl sites for hydroxylation is 1. The fourth-order valence-electron chi connectivity index (χ4n) is 0.775. The van der Waals surface area contributed by atoms with Gasteiger partial charge >= 0.3 is 5.69 Å². The van der Waals surface area contributed by atoms with Crippen LogP contribution in [0, 0.1) is 17.0 Å². The van der Waals surface area contributed by atoms with E-state index in [0.29, 0.717) is 4.09 Å². The second-order valence-electron chi connectivity index (χ2n) is 2.49. The Bertz CT molecular complexity index is 446. The fourth-order valence-corrected chi connectivity index (χ4v) is 1.34. The van der Waals surface area contributed by atoms with E-state index >= 15 is 0 Å². The minimum atomic E-state index is -3.54. The smallest absolute Gasteiger partial charge is 0.258 e. The maximum absolute atomic E-state index is 10.9. The summed E-state index contributed by atoms with van der Waals surface area (Å²) in [5.74, 6) is 0. The topological polar surface area (TPSA) is 95.1 Å². The largest absolute Gasteiger partial charge is 0.311 e. The number of rotatable bonds is 2. The number of nitro groups is 1. The van der Waals surface area contributed by atoms with Gasteiger partial charge in [-0.2, -0.15) is 9.19 Å². The van der Waals surface area contributed by atoms with Crippen molar-refractivity contribution in [2.24, 2.45) is 0 Å². The Morgan fingerprint density at radius 2 is 2.15 bits per heavy atom. The van der Waals surface area contributed by atoms with E-state index in [2.05, 4.69) is 5.10 Å². The van der Waals surface area contributed by atoms with Crippen LogP contribution in [-0.2, 0) is 10.0 Å². The number of aromatic nitrogens is 2. The minimum absolute atomic E-state index is 0.0791. The molecule has 0 radical (unpaired) electrons. The molecule has 0 N–H and O–H groups in total. The van der Waals surface area contributed by atoms with Crippen molar-refractivity contribution in [3.05, 3.63) is 22.0 Å². The second-order valence-corrected chi connectivity index (χ2v) is 4.33. The summed E-state index contributed by atoms with van der Waals surface area (Å²) in [4.78, 5) is 9.64. The Hall–Kier alpha value is -1.44. The zero-order valence-corrected chi connectivity index (χ0v) is 7.78. The normalized spacial score (nSPS) is 11.5. The molecule has 0 atom stereocenters. The van der Waals surface area contributed by atoms with E-state index in [4.69, 9.17) is 0 Å². The lowest BCUT2D eigenvalue weighted by atomic mass is 10.4. The molecule has 0 aliphatic rings. The molecule has 1 rings (SSSR count). The predicted octanol–water partition coefficient (Wildman–Crippen LogP) is -0.0926. The molecule has 0 unspecified atom stereocenters. The van der Waals surface area contributed by atoms with Crippen molar-refractivity contribution in [1.29, 1.82) is 0 Å². The third-order valence-corrected chi connectivity index (χ3v) is 2.26. The van der Waals surface area contributed by atoms with E-state index in [9.17, 15) is 18.5 Å². The van der Waals surface area contributed by atoms with E-state index in [0.717, 1.165) is 12.5 Å². The zero-order valence-electron chi connectivity index (χ0n) is 6.96. The van der Waals surface area contributed by atoms with Gasteiger partial charge in [0, 0.05) is 0 Å². The van der Waals surface area contributed by atoms with Crippen LogP contribution in [0.5, 0.6) is 0 Å². The molecule has 7 nitrogen and oxygen atoms in total. The standard InChI is InChI=1S/C5H7N3O4S/c1-4-5(8(9)10)3-7(6-4)13(2,11)12/h3H,1-2H3. The summed E-state index contributed by atoms with van der Waals surface area (Å²) in [7, 11) is -3.54. The fraction of sp³-hybridized carbons (Fsp3) is 0.400. The molecule has 0 amide bonds. The van der Waals surface area contributed by atoms with Gasteiger partial charge in [0.25, 0.3) is 10.0 Å². The Labute approximate surface area is 74.2 Å². The van der Waals surface area contributed by atoms with Gasteiger partial charge in [-0.1, -0.05) is 0 Å². The summed E-state index contributed by atoms with van der Waals surface area (Å²) < 4.78 is 22.4. The van der Waals surface area contributed by atoms with Crippen LogP contribution < -0.4 is 0 Å². The van der Waals surface area contributed by atoms with Gasteiger partial charge in [-0.3, -0.25) is 10.1 Å².